The number of aryl methyl sites for hydroxylation is 1. The van der Waals surface area contributed by atoms with Gasteiger partial charge in [-0.25, -0.2) is 19.7 Å². The van der Waals surface area contributed by atoms with Gasteiger partial charge in [0.05, 0.1) is 0 Å². The van der Waals surface area contributed by atoms with Crippen molar-refractivity contribution in [1.29, 1.82) is 5.26 Å². The lowest BCUT2D eigenvalue weighted by Gasteiger charge is -2.07. The summed E-state index contributed by atoms with van der Waals surface area (Å²) in [6.45, 7) is 0. The zero-order valence-electron chi connectivity index (χ0n) is 11.2. The Hall–Kier alpha value is -3.28. The Kier molecular flexibility index (Phi) is 2.66. The number of nitrogens with one attached hydrogen (secondary N) is 1. The fourth-order valence-corrected chi connectivity index (χ4v) is 2.00. The summed E-state index contributed by atoms with van der Waals surface area (Å²) in [7, 11) is 2.83. The van der Waals surface area contributed by atoms with Crippen LogP contribution in [0.1, 0.15) is 5.69 Å². The fraction of sp³-hybridized carbons (Fsp3) is 0.167. The van der Waals surface area contributed by atoms with Crippen molar-refractivity contribution < 1.29 is 0 Å². The molecule has 0 spiro atoms. The number of rotatable bonds is 1. The average molecular weight is 283 g/mol. The number of nitrogens with zero attached hydrogens (tertiary/aromatic N) is 6. The fourth-order valence-electron chi connectivity index (χ4n) is 2.00. The van der Waals surface area contributed by atoms with Crippen molar-refractivity contribution in [3.8, 4) is 17.6 Å². The molecule has 0 aromatic carbocycles. The summed E-state index contributed by atoms with van der Waals surface area (Å²) in [6, 6.07) is 1.89. The van der Waals surface area contributed by atoms with Gasteiger partial charge in [-0.15, -0.1) is 0 Å². The standard InChI is InChI=1S/C12H9N7O2/c1-18-10-8(11(20)19(2)12(18)21)16-6(5-13)7(17-10)9-14-3-4-15-9/h3-4H,1-2H3,(H,14,15). The van der Waals surface area contributed by atoms with Crippen molar-refractivity contribution in [1.82, 2.24) is 29.1 Å². The average Bonchev–Trinajstić information content (AvgIpc) is 3.03. The topological polar surface area (TPSA) is 122 Å². The second kappa shape index (κ2) is 4.38. The minimum Gasteiger partial charge on any atom is -0.343 e. The van der Waals surface area contributed by atoms with Gasteiger partial charge in [0.15, 0.2) is 22.7 Å². The second-order valence-electron chi connectivity index (χ2n) is 4.35. The van der Waals surface area contributed by atoms with Crippen molar-refractivity contribution in [2.75, 3.05) is 0 Å². The van der Waals surface area contributed by atoms with Crippen LogP contribution >= 0.6 is 0 Å². The van der Waals surface area contributed by atoms with Crippen LogP contribution in [-0.4, -0.2) is 29.1 Å². The number of hydrogen-bond acceptors (Lipinski definition) is 6. The van der Waals surface area contributed by atoms with Crippen LogP contribution in [0.4, 0.5) is 0 Å². The van der Waals surface area contributed by atoms with E-state index in [-0.39, 0.29) is 22.6 Å². The number of hydrogen-bond donors (Lipinski definition) is 1. The number of H-pyrrole nitrogens is 1. The molecule has 9 heteroatoms. The van der Waals surface area contributed by atoms with Crippen LogP contribution in [0.2, 0.25) is 0 Å². The molecule has 0 fully saturated rings. The molecule has 0 aliphatic carbocycles. The first kappa shape index (κ1) is 12.7. The maximum Gasteiger partial charge on any atom is 0.332 e. The van der Waals surface area contributed by atoms with Crippen molar-refractivity contribution in [3.05, 3.63) is 38.9 Å². The van der Waals surface area contributed by atoms with Gasteiger partial charge in [-0.3, -0.25) is 13.9 Å². The smallest absolute Gasteiger partial charge is 0.332 e. The highest BCUT2D eigenvalue weighted by Crippen LogP contribution is 2.17. The van der Waals surface area contributed by atoms with Gasteiger partial charge < -0.3 is 4.98 Å². The highest BCUT2D eigenvalue weighted by Gasteiger charge is 2.17. The van der Waals surface area contributed by atoms with Crippen molar-refractivity contribution in [2.24, 2.45) is 14.1 Å². The Morgan fingerprint density at radius 3 is 2.62 bits per heavy atom. The first-order valence-electron chi connectivity index (χ1n) is 5.92. The predicted octanol–water partition coefficient (Wildman–Crippen LogP) is -0.711. The van der Waals surface area contributed by atoms with Crippen LogP contribution in [0.3, 0.4) is 0 Å². The Morgan fingerprint density at radius 1 is 1.24 bits per heavy atom. The monoisotopic (exact) mass is 283 g/mol. The van der Waals surface area contributed by atoms with Crippen LogP contribution in [0.5, 0.6) is 0 Å². The number of aromatic nitrogens is 6. The molecule has 0 amide bonds. The third-order valence-corrected chi connectivity index (χ3v) is 3.10. The molecule has 21 heavy (non-hydrogen) atoms. The minimum absolute atomic E-state index is 0.0341. The van der Waals surface area contributed by atoms with Gasteiger partial charge in [0.25, 0.3) is 5.56 Å². The molecule has 3 heterocycles. The molecule has 9 nitrogen and oxygen atoms in total. The Balaban J connectivity index is 2.53. The maximum absolute atomic E-state index is 12.1. The van der Waals surface area contributed by atoms with Crippen molar-refractivity contribution in [2.45, 2.75) is 0 Å². The van der Waals surface area contributed by atoms with Crippen LogP contribution in [0, 0.1) is 11.3 Å². The normalized spacial score (nSPS) is 10.7. The van der Waals surface area contributed by atoms with Crippen LogP contribution in [-0.2, 0) is 14.1 Å². The maximum atomic E-state index is 12.1. The van der Waals surface area contributed by atoms with Crippen LogP contribution < -0.4 is 11.2 Å². The molecule has 104 valence electrons. The van der Waals surface area contributed by atoms with E-state index in [9.17, 15) is 14.9 Å². The van der Waals surface area contributed by atoms with E-state index >= 15 is 0 Å². The van der Waals surface area contributed by atoms with Gasteiger partial charge in [-0.2, -0.15) is 5.26 Å². The van der Waals surface area contributed by atoms with Crippen molar-refractivity contribution >= 4 is 11.2 Å². The molecular weight excluding hydrogens is 274 g/mol. The molecule has 0 bridgehead atoms. The van der Waals surface area contributed by atoms with Crippen LogP contribution in [0.25, 0.3) is 22.7 Å². The van der Waals surface area contributed by atoms with Crippen molar-refractivity contribution in [3.63, 3.8) is 0 Å². The molecule has 1 N–H and O–H groups in total. The summed E-state index contributed by atoms with van der Waals surface area (Å²) in [5.41, 5.74) is -0.883. The summed E-state index contributed by atoms with van der Waals surface area (Å²) in [6.07, 6.45) is 3.08. The SMILES string of the molecule is Cn1c(=O)c2nc(C#N)c(-c3ncc[nH]3)nc2n(C)c1=O. The zero-order chi connectivity index (χ0) is 15.1. The number of aromatic amines is 1. The quantitative estimate of drug-likeness (QED) is 0.629. The lowest BCUT2D eigenvalue weighted by Crippen LogP contribution is -2.38. The lowest BCUT2D eigenvalue weighted by molar-refractivity contribution is 0.704. The Bertz CT molecular complexity index is 1010. The molecule has 3 aromatic heterocycles. The zero-order valence-corrected chi connectivity index (χ0v) is 11.2. The van der Waals surface area contributed by atoms with E-state index in [0.717, 1.165) is 4.57 Å². The highest BCUT2D eigenvalue weighted by atomic mass is 16.2. The second-order valence-corrected chi connectivity index (χ2v) is 4.35. The molecule has 0 unspecified atom stereocenters. The van der Waals surface area contributed by atoms with E-state index in [1.54, 1.807) is 6.20 Å². The first-order chi connectivity index (χ1) is 10.0. The van der Waals surface area contributed by atoms with Gasteiger partial charge in [0.1, 0.15) is 11.8 Å². The first-order valence-corrected chi connectivity index (χ1v) is 5.92. The van der Waals surface area contributed by atoms with Gasteiger partial charge in [-0.05, 0) is 0 Å². The summed E-state index contributed by atoms with van der Waals surface area (Å²) < 4.78 is 2.13. The summed E-state index contributed by atoms with van der Waals surface area (Å²) in [4.78, 5) is 39.1. The summed E-state index contributed by atoms with van der Waals surface area (Å²) in [5.74, 6) is 0.342. The van der Waals surface area contributed by atoms with Gasteiger partial charge >= 0.3 is 5.69 Å². The van der Waals surface area contributed by atoms with E-state index in [4.69, 9.17) is 0 Å². The minimum atomic E-state index is -0.594. The van der Waals surface area contributed by atoms with Crippen LogP contribution in [0.15, 0.2) is 22.0 Å². The van der Waals surface area contributed by atoms with E-state index in [1.807, 2.05) is 6.07 Å². The van der Waals surface area contributed by atoms with Gasteiger partial charge in [-0.1, -0.05) is 0 Å². The van der Waals surface area contributed by atoms with Gasteiger partial charge in [0, 0.05) is 26.5 Å². The molecule has 0 atom stereocenters. The third-order valence-electron chi connectivity index (χ3n) is 3.10. The largest absolute Gasteiger partial charge is 0.343 e. The van der Waals surface area contributed by atoms with E-state index < -0.39 is 11.2 Å². The molecule has 0 radical (unpaired) electrons. The number of imidazole rings is 1. The summed E-state index contributed by atoms with van der Waals surface area (Å²) in [5, 5.41) is 9.19. The lowest BCUT2D eigenvalue weighted by atomic mass is 10.3. The highest BCUT2D eigenvalue weighted by molar-refractivity contribution is 5.74. The third kappa shape index (κ3) is 1.73. The molecular formula is C12H9N7O2. The van der Waals surface area contributed by atoms with E-state index in [2.05, 4.69) is 19.9 Å². The molecule has 3 rings (SSSR count). The Morgan fingerprint density at radius 2 is 2.00 bits per heavy atom. The Labute approximate surface area is 117 Å². The molecule has 0 saturated heterocycles. The predicted molar refractivity (Wildman–Crippen MR) is 72.3 cm³/mol. The van der Waals surface area contributed by atoms with E-state index in [1.165, 1.54) is 24.9 Å². The van der Waals surface area contributed by atoms with Gasteiger partial charge in [0.2, 0.25) is 0 Å². The molecule has 3 aromatic rings. The number of nitriles is 1. The molecule has 0 aliphatic rings. The molecule has 0 aliphatic heterocycles. The van der Waals surface area contributed by atoms with E-state index in [0.29, 0.717) is 5.82 Å². The molecule has 0 saturated carbocycles. The number of fused-ring (bicyclic) bond motifs is 1. The summed E-state index contributed by atoms with van der Waals surface area (Å²) >= 11 is 0.